The van der Waals surface area contributed by atoms with Gasteiger partial charge in [-0.25, -0.2) is 4.99 Å². The molecule has 1 saturated carbocycles. The molecule has 0 amide bonds. The molecule has 3 nitrogen and oxygen atoms in total. The van der Waals surface area contributed by atoms with E-state index in [0.29, 0.717) is 0 Å². The number of aliphatic imine (C=N–C) groups is 2. The number of hydrogen-bond donors (Lipinski definition) is 0. The van der Waals surface area contributed by atoms with Crippen LogP contribution in [0.15, 0.2) is 28.2 Å². The van der Waals surface area contributed by atoms with Crippen molar-refractivity contribution >= 4 is 30.0 Å². The molecule has 1 aromatic rings. The highest BCUT2D eigenvalue weighted by Crippen LogP contribution is 2.23. The van der Waals surface area contributed by atoms with E-state index in [2.05, 4.69) is 9.98 Å². The minimum Gasteiger partial charge on any atom is -0.327 e. The lowest BCUT2D eigenvalue weighted by atomic mass is 9.89. The molecule has 1 aliphatic carbocycles. The molecule has 2 rings (SSSR count). The maximum Gasteiger partial charge on any atom is 0.0961 e. The Hall–Kier alpha value is -1.35. The first-order valence-corrected chi connectivity index (χ1v) is 8.05. The van der Waals surface area contributed by atoms with Crippen molar-refractivity contribution in [2.45, 2.75) is 39.0 Å². The Morgan fingerprint density at radius 1 is 1.24 bits per heavy atom. The predicted octanol–water partition coefficient (Wildman–Crippen LogP) is 4.85. The molecule has 21 heavy (non-hydrogen) atoms. The van der Waals surface area contributed by atoms with Crippen LogP contribution in [0.1, 0.15) is 37.7 Å². The van der Waals surface area contributed by atoms with Crippen LogP contribution in [-0.4, -0.2) is 31.2 Å². The van der Waals surface area contributed by atoms with E-state index in [9.17, 15) is 0 Å². The molecule has 0 bridgehead atoms. The van der Waals surface area contributed by atoms with Crippen molar-refractivity contribution in [2.24, 2.45) is 15.9 Å². The topological polar surface area (TPSA) is 28.0 Å². The van der Waals surface area contributed by atoms with Crippen LogP contribution in [0.25, 0.3) is 0 Å². The molecule has 0 unspecified atom stereocenters. The summed E-state index contributed by atoms with van der Waals surface area (Å²) in [6.45, 7) is 2.95. The molecule has 1 aliphatic rings. The molecular weight excluding hydrogens is 282 g/mol. The van der Waals surface area contributed by atoms with Gasteiger partial charge in [-0.15, -0.1) is 0 Å². The first kappa shape index (κ1) is 16.0. The van der Waals surface area contributed by atoms with E-state index in [-0.39, 0.29) is 0 Å². The number of rotatable bonds is 5. The SMILES string of the molecule is Cc1cc(Cl)ccc1N=CN(C)C=NCC1CCCCC1. The average Bonchev–Trinajstić information content (AvgIpc) is 2.47. The van der Waals surface area contributed by atoms with E-state index in [1.54, 1.807) is 6.34 Å². The van der Waals surface area contributed by atoms with Crippen molar-refractivity contribution in [3.63, 3.8) is 0 Å². The summed E-state index contributed by atoms with van der Waals surface area (Å²) < 4.78 is 0. The van der Waals surface area contributed by atoms with Gasteiger partial charge in [0.1, 0.15) is 0 Å². The van der Waals surface area contributed by atoms with Gasteiger partial charge >= 0.3 is 0 Å². The summed E-state index contributed by atoms with van der Waals surface area (Å²) in [4.78, 5) is 10.9. The second-order valence-electron chi connectivity index (χ2n) is 5.83. The lowest BCUT2D eigenvalue weighted by Crippen LogP contribution is -2.15. The van der Waals surface area contributed by atoms with Crippen molar-refractivity contribution < 1.29 is 0 Å². The van der Waals surface area contributed by atoms with E-state index in [0.717, 1.165) is 28.7 Å². The normalized spacial score (nSPS) is 16.9. The molecule has 0 saturated heterocycles. The van der Waals surface area contributed by atoms with Gasteiger partial charge in [0.2, 0.25) is 0 Å². The van der Waals surface area contributed by atoms with Crippen molar-refractivity contribution in [3.05, 3.63) is 28.8 Å². The second-order valence-corrected chi connectivity index (χ2v) is 6.26. The van der Waals surface area contributed by atoms with Gasteiger partial charge in [-0.05, 0) is 49.4 Å². The van der Waals surface area contributed by atoms with Crippen LogP contribution in [0, 0.1) is 12.8 Å². The number of hydrogen-bond acceptors (Lipinski definition) is 2. The Labute approximate surface area is 132 Å². The molecular formula is C17H24ClN3. The van der Waals surface area contributed by atoms with Crippen LogP contribution in [-0.2, 0) is 0 Å². The average molecular weight is 306 g/mol. The molecule has 0 spiro atoms. The summed E-state index contributed by atoms with van der Waals surface area (Å²) in [6.07, 6.45) is 10.5. The van der Waals surface area contributed by atoms with Crippen molar-refractivity contribution in [2.75, 3.05) is 13.6 Å². The summed E-state index contributed by atoms with van der Waals surface area (Å²) in [7, 11) is 1.96. The summed E-state index contributed by atoms with van der Waals surface area (Å²) in [5, 5.41) is 0.744. The quantitative estimate of drug-likeness (QED) is 0.564. The van der Waals surface area contributed by atoms with Gasteiger partial charge in [0.05, 0.1) is 18.4 Å². The maximum atomic E-state index is 5.94. The van der Waals surface area contributed by atoms with Crippen LogP contribution in [0.5, 0.6) is 0 Å². The van der Waals surface area contributed by atoms with Gasteiger partial charge in [-0.2, -0.15) is 0 Å². The number of nitrogens with zero attached hydrogens (tertiary/aromatic N) is 3. The Balaban J connectivity index is 1.82. The van der Waals surface area contributed by atoms with Gasteiger partial charge in [-0.3, -0.25) is 4.99 Å². The zero-order valence-corrected chi connectivity index (χ0v) is 13.7. The number of aryl methyl sites for hydroxylation is 1. The maximum absolute atomic E-state index is 5.94. The van der Waals surface area contributed by atoms with Gasteiger partial charge in [0, 0.05) is 18.6 Å². The van der Waals surface area contributed by atoms with Crippen LogP contribution >= 0.6 is 11.6 Å². The first-order valence-electron chi connectivity index (χ1n) is 7.67. The smallest absolute Gasteiger partial charge is 0.0961 e. The predicted molar refractivity (Wildman–Crippen MR) is 92.0 cm³/mol. The zero-order valence-electron chi connectivity index (χ0n) is 12.9. The molecule has 0 aromatic heterocycles. The van der Waals surface area contributed by atoms with Gasteiger partial charge in [-0.1, -0.05) is 30.9 Å². The van der Waals surface area contributed by atoms with Crippen molar-refractivity contribution in [1.82, 2.24) is 4.90 Å². The minimum atomic E-state index is 0.744. The molecule has 0 N–H and O–H groups in total. The summed E-state index contributed by atoms with van der Waals surface area (Å²) in [5.41, 5.74) is 2.01. The highest BCUT2D eigenvalue weighted by atomic mass is 35.5. The third-order valence-electron chi connectivity index (χ3n) is 3.89. The lowest BCUT2D eigenvalue weighted by molar-refractivity contribution is 0.367. The van der Waals surface area contributed by atoms with Crippen LogP contribution in [0.4, 0.5) is 5.69 Å². The van der Waals surface area contributed by atoms with Crippen LogP contribution in [0.2, 0.25) is 5.02 Å². The third-order valence-corrected chi connectivity index (χ3v) is 4.13. The molecule has 1 fully saturated rings. The van der Waals surface area contributed by atoms with Crippen LogP contribution in [0.3, 0.4) is 0 Å². The molecule has 4 heteroatoms. The molecule has 0 atom stereocenters. The molecule has 114 valence electrons. The van der Waals surface area contributed by atoms with Gasteiger partial charge in [0.25, 0.3) is 0 Å². The highest BCUT2D eigenvalue weighted by molar-refractivity contribution is 6.30. The first-order chi connectivity index (χ1) is 10.1. The Kier molecular flexibility index (Phi) is 6.24. The van der Waals surface area contributed by atoms with E-state index in [1.807, 2.05) is 43.4 Å². The number of halogens is 1. The fraction of sp³-hybridized carbons (Fsp3) is 0.529. The molecule has 1 aromatic carbocycles. The standard InChI is InChI=1S/C17H24ClN3/c1-14-10-16(18)8-9-17(14)20-13-21(2)12-19-11-15-6-4-3-5-7-15/h8-10,12-13,15H,3-7,11H2,1-2H3. The summed E-state index contributed by atoms with van der Waals surface area (Å²) >= 11 is 5.94. The van der Waals surface area contributed by atoms with Crippen molar-refractivity contribution in [1.29, 1.82) is 0 Å². The van der Waals surface area contributed by atoms with E-state index < -0.39 is 0 Å². The molecule has 0 radical (unpaired) electrons. The molecule has 0 aliphatic heterocycles. The van der Waals surface area contributed by atoms with Crippen molar-refractivity contribution in [3.8, 4) is 0 Å². The largest absolute Gasteiger partial charge is 0.327 e. The Morgan fingerprint density at radius 3 is 2.71 bits per heavy atom. The second kappa shape index (κ2) is 8.18. The lowest BCUT2D eigenvalue weighted by Gasteiger charge is -2.19. The molecule has 0 heterocycles. The van der Waals surface area contributed by atoms with E-state index >= 15 is 0 Å². The Bertz CT molecular complexity index is 505. The zero-order chi connectivity index (χ0) is 15.1. The summed E-state index contributed by atoms with van der Waals surface area (Å²) in [6, 6.07) is 5.71. The fourth-order valence-electron chi connectivity index (χ4n) is 2.64. The van der Waals surface area contributed by atoms with E-state index in [4.69, 9.17) is 11.6 Å². The third kappa shape index (κ3) is 5.50. The number of benzene rings is 1. The fourth-order valence-corrected chi connectivity index (χ4v) is 2.87. The van der Waals surface area contributed by atoms with Gasteiger partial charge < -0.3 is 4.90 Å². The summed E-state index contributed by atoms with van der Waals surface area (Å²) in [5.74, 6) is 0.777. The highest BCUT2D eigenvalue weighted by Gasteiger charge is 2.11. The monoisotopic (exact) mass is 305 g/mol. The minimum absolute atomic E-state index is 0.744. The van der Waals surface area contributed by atoms with Gasteiger partial charge in [0.15, 0.2) is 0 Å². The van der Waals surface area contributed by atoms with Crippen LogP contribution < -0.4 is 0 Å². The van der Waals surface area contributed by atoms with E-state index in [1.165, 1.54) is 32.1 Å². The Morgan fingerprint density at radius 2 is 2.00 bits per heavy atom.